The van der Waals surface area contributed by atoms with Crippen molar-refractivity contribution in [1.82, 2.24) is 10.6 Å². The first-order valence-electron chi connectivity index (χ1n) is 35.9. The highest BCUT2D eigenvalue weighted by molar-refractivity contribution is 5.77. The number of hydrogen-bond acceptors (Lipinski definition) is 20. The number of rotatable bonds is 55. The third-order valence-corrected chi connectivity index (χ3v) is 18.6. The lowest BCUT2D eigenvalue weighted by atomic mass is 9.88. The molecule has 0 bridgehead atoms. The largest absolute Gasteiger partial charge is 0.477 e. The first kappa shape index (κ1) is 83.0. The van der Waals surface area contributed by atoms with Gasteiger partial charge in [0, 0.05) is 19.8 Å². The standard InChI is InChI=1S/C68H128N2O21/c1-4-6-8-10-12-14-16-18-20-21-22-23-24-25-26-28-29-31-33-35-37-39-41-50(75)49(70-55(78)42-40-38-36-34-32-30-27-19-17-15-13-11-9-7-5-2)47-86-65-60(82)59(81)62(54(46-73)88-65)89-66-61(83)64(58(80)53(45-72)87-66)91-68(67(84)85)43-51(76)56(69-48(3)74)63(90-68)57(79)52(77)44-71/h49-54,56-66,71-73,75-77,79-83H,4-47H2,1-3H3,(H,69,74)(H,70,78)(H,84,85). The lowest BCUT2D eigenvalue weighted by Crippen LogP contribution is -2.70. The van der Waals surface area contributed by atoms with E-state index in [0.717, 1.165) is 58.3 Å². The fraction of sp³-hybridized carbons (Fsp3) is 0.956. The van der Waals surface area contributed by atoms with E-state index in [9.17, 15) is 75.7 Å². The average Bonchev–Trinajstić information content (AvgIpc) is 0.783. The number of ether oxygens (including phenoxy) is 6. The highest BCUT2D eigenvalue weighted by atomic mass is 16.8. The van der Waals surface area contributed by atoms with Crippen LogP contribution in [-0.4, -0.2) is 215 Å². The van der Waals surface area contributed by atoms with Crippen LogP contribution in [0.4, 0.5) is 0 Å². The van der Waals surface area contributed by atoms with Gasteiger partial charge >= 0.3 is 5.97 Å². The quantitative estimate of drug-likeness (QED) is 0.0275. The van der Waals surface area contributed by atoms with Gasteiger partial charge in [-0.3, -0.25) is 9.59 Å². The summed E-state index contributed by atoms with van der Waals surface area (Å²) in [5.74, 6) is -6.09. The van der Waals surface area contributed by atoms with Crippen molar-refractivity contribution < 1.29 is 104 Å². The minimum atomic E-state index is -3.08. The number of aliphatic hydroxyl groups excluding tert-OH is 11. The van der Waals surface area contributed by atoms with E-state index in [-0.39, 0.29) is 18.9 Å². The van der Waals surface area contributed by atoms with E-state index in [1.807, 2.05) is 0 Å². The molecule has 0 aliphatic carbocycles. The van der Waals surface area contributed by atoms with Gasteiger partial charge in [-0.25, -0.2) is 4.79 Å². The van der Waals surface area contributed by atoms with Crippen molar-refractivity contribution in [3.05, 3.63) is 0 Å². The van der Waals surface area contributed by atoms with E-state index in [1.165, 1.54) is 173 Å². The zero-order valence-electron chi connectivity index (χ0n) is 56.0. The van der Waals surface area contributed by atoms with E-state index in [4.69, 9.17) is 28.4 Å². The first-order chi connectivity index (χ1) is 43.9. The monoisotopic (exact) mass is 1310 g/mol. The molecule has 2 amide bonds. The molecule has 0 radical (unpaired) electrons. The Morgan fingerprint density at radius 1 is 0.527 bits per heavy atom. The molecule has 18 atom stereocenters. The van der Waals surface area contributed by atoms with Crippen LogP contribution in [0, 0.1) is 0 Å². The molecular formula is C68H128N2O21. The molecule has 0 spiro atoms. The third-order valence-electron chi connectivity index (χ3n) is 18.6. The van der Waals surface area contributed by atoms with Gasteiger partial charge in [-0.2, -0.15) is 0 Å². The van der Waals surface area contributed by atoms with Crippen molar-refractivity contribution in [3.63, 3.8) is 0 Å². The summed E-state index contributed by atoms with van der Waals surface area (Å²) in [6.45, 7) is 2.23. The van der Waals surface area contributed by atoms with E-state index in [2.05, 4.69) is 24.5 Å². The van der Waals surface area contributed by atoms with Gasteiger partial charge in [0.2, 0.25) is 11.8 Å². The van der Waals surface area contributed by atoms with Gasteiger partial charge in [0.05, 0.1) is 50.7 Å². The van der Waals surface area contributed by atoms with E-state index in [1.54, 1.807) is 0 Å². The maximum atomic E-state index is 13.5. The molecule has 3 fully saturated rings. The Hall–Kier alpha value is -2.27. The van der Waals surface area contributed by atoms with Crippen LogP contribution in [0.5, 0.6) is 0 Å². The maximum Gasteiger partial charge on any atom is 0.364 e. The summed E-state index contributed by atoms with van der Waals surface area (Å²) in [6.07, 6.45) is 16.7. The SMILES string of the molecule is CCCCCCCCCCCCCCCCCCCCCCCCC(O)C(COC1OC(CO)C(OC2OC(CO)C(O)C(OC3(C(=O)O)CC(O)C(NC(C)=O)C(C(O)C(O)CO)O3)C2O)C(O)C1O)NC(=O)CCCCCCCCCCCCCCCCC. The summed E-state index contributed by atoms with van der Waals surface area (Å²) in [5.41, 5.74) is 0. The lowest BCUT2D eigenvalue weighted by Gasteiger charge is -2.50. The minimum absolute atomic E-state index is 0.229. The zero-order valence-corrected chi connectivity index (χ0v) is 56.0. The van der Waals surface area contributed by atoms with Crippen molar-refractivity contribution in [2.45, 2.75) is 387 Å². The molecule has 3 saturated heterocycles. The van der Waals surface area contributed by atoms with E-state index >= 15 is 0 Å². The molecule has 18 unspecified atom stereocenters. The predicted molar refractivity (Wildman–Crippen MR) is 343 cm³/mol. The van der Waals surface area contributed by atoms with Gasteiger partial charge < -0.3 is 100 Å². The number of hydrogen-bond donors (Lipinski definition) is 14. The van der Waals surface area contributed by atoms with Crippen LogP contribution in [0.25, 0.3) is 0 Å². The molecule has 23 nitrogen and oxygen atoms in total. The zero-order chi connectivity index (χ0) is 66.8. The molecule has 3 rings (SSSR count). The number of nitrogens with one attached hydrogen (secondary N) is 2. The second-order valence-electron chi connectivity index (χ2n) is 26.5. The van der Waals surface area contributed by atoms with Gasteiger partial charge in [-0.05, 0) is 12.8 Å². The topological polar surface area (TPSA) is 373 Å². The minimum Gasteiger partial charge on any atom is -0.477 e. The fourth-order valence-corrected chi connectivity index (χ4v) is 12.8. The second-order valence-corrected chi connectivity index (χ2v) is 26.5. The van der Waals surface area contributed by atoms with E-state index < -0.39 is 148 Å². The molecule has 536 valence electrons. The smallest absolute Gasteiger partial charge is 0.364 e. The van der Waals surface area contributed by atoms with Crippen LogP contribution in [0.2, 0.25) is 0 Å². The maximum absolute atomic E-state index is 13.5. The normalized spacial score (nSPS) is 28.4. The summed E-state index contributed by atoms with van der Waals surface area (Å²) in [7, 11) is 0. The number of carbonyl (C=O) groups is 3. The van der Waals surface area contributed by atoms with Crippen molar-refractivity contribution >= 4 is 17.8 Å². The van der Waals surface area contributed by atoms with Crippen LogP contribution in [0.1, 0.15) is 278 Å². The predicted octanol–water partition coefficient (Wildman–Crippen LogP) is 6.90. The Labute approximate surface area is 544 Å². The average molecular weight is 1310 g/mol. The van der Waals surface area contributed by atoms with Crippen LogP contribution < -0.4 is 10.6 Å². The molecule has 3 heterocycles. The second kappa shape index (κ2) is 49.3. The number of aliphatic carboxylic acids is 1. The van der Waals surface area contributed by atoms with Crippen LogP contribution in [-0.2, 0) is 42.8 Å². The number of carboxylic acids is 1. The molecule has 3 aliphatic rings. The Balaban J connectivity index is 1.57. The lowest BCUT2D eigenvalue weighted by molar-refractivity contribution is -0.386. The summed E-state index contributed by atoms with van der Waals surface area (Å²) in [6, 6.07) is -2.52. The molecule has 23 heteroatoms. The molecule has 0 aromatic rings. The van der Waals surface area contributed by atoms with Crippen LogP contribution in [0.15, 0.2) is 0 Å². The highest BCUT2D eigenvalue weighted by Crippen LogP contribution is 2.39. The molecule has 0 aromatic carbocycles. The number of aliphatic hydroxyl groups is 11. The highest BCUT2D eigenvalue weighted by Gasteiger charge is 2.60. The molecule has 0 aromatic heterocycles. The van der Waals surface area contributed by atoms with Crippen molar-refractivity contribution in [2.75, 3.05) is 26.4 Å². The van der Waals surface area contributed by atoms with Crippen LogP contribution in [0.3, 0.4) is 0 Å². The van der Waals surface area contributed by atoms with Gasteiger partial charge in [0.15, 0.2) is 12.6 Å². The Kier molecular flexibility index (Phi) is 44.9. The van der Waals surface area contributed by atoms with Gasteiger partial charge in [0.1, 0.15) is 67.1 Å². The molecule has 14 N–H and O–H groups in total. The number of unbranched alkanes of at least 4 members (excludes halogenated alkanes) is 35. The summed E-state index contributed by atoms with van der Waals surface area (Å²) < 4.78 is 34.9. The summed E-state index contributed by atoms with van der Waals surface area (Å²) in [5, 5.41) is 136. The number of amides is 2. The Morgan fingerprint density at radius 2 is 0.956 bits per heavy atom. The Morgan fingerprint density at radius 3 is 1.37 bits per heavy atom. The fourth-order valence-electron chi connectivity index (χ4n) is 12.8. The molecule has 0 saturated carbocycles. The van der Waals surface area contributed by atoms with Gasteiger partial charge in [-0.1, -0.05) is 245 Å². The third kappa shape index (κ3) is 31.7. The summed E-state index contributed by atoms with van der Waals surface area (Å²) in [4.78, 5) is 38.6. The van der Waals surface area contributed by atoms with Crippen molar-refractivity contribution in [2.24, 2.45) is 0 Å². The van der Waals surface area contributed by atoms with Gasteiger partial charge in [-0.15, -0.1) is 0 Å². The summed E-state index contributed by atoms with van der Waals surface area (Å²) >= 11 is 0. The molecular weight excluding hydrogens is 1180 g/mol. The van der Waals surface area contributed by atoms with E-state index in [0.29, 0.717) is 19.3 Å². The number of carboxylic acid groups (broad SMARTS) is 1. The van der Waals surface area contributed by atoms with Crippen molar-refractivity contribution in [3.8, 4) is 0 Å². The molecule has 3 aliphatic heterocycles. The Bertz CT molecular complexity index is 1850. The van der Waals surface area contributed by atoms with Crippen molar-refractivity contribution in [1.29, 1.82) is 0 Å². The number of carbonyl (C=O) groups excluding carboxylic acids is 2. The van der Waals surface area contributed by atoms with Crippen LogP contribution >= 0.6 is 0 Å². The molecule has 91 heavy (non-hydrogen) atoms. The first-order valence-corrected chi connectivity index (χ1v) is 35.9. The van der Waals surface area contributed by atoms with Gasteiger partial charge in [0.25, 0.3) is 5.79 Å².